The fraction of sp³-hybridized carbons (Fsp3) is 0.643. The van der Waals surface area contributed by atoms with Crippen LogP contribution < -0.4 is 10.2 Å². The van der Waals surface area contributed by atoms with Crippen LogP contribution in [0.4, 0.5) is 5.69 Å². The Kier molecular flexibility index (Phi) is 6.77. The standard InChI is InChI=1S/C14H25N3O2/c1-5-13(15-2)14-7-6-11(8-16-14)17(3)9-12(18)10-19-4/h6-8,12-13,15,18H,5,9-10H2,1-4H3. The van der Waals surface area contributed by atoms with Crippen LogP contribution in [0.25, 0.3) is 0 Å². The molecule has 5 nitrogen and oxygen atoms in total. The van der Waals surface area contributed by atoms with Gasteiger partial charge in [0.25, 0.3) is 0 Å². The second-order valence-electron chi connectivity index (χ2n) is 4.68. The van der Waals surface area contributed by atoms with Crippen LogP contribution in [-0.4, -0.2) is 50.6 Å². The SMILES string of the molecule is CCC(NC)c1ccc(N(C)CC(O)COC)cn1. The van der Waals surface area contributed by atoms with E-state index < -0.39 is 6.10 Å². The number of anilines is 1. The molecule has 0 fully saturated rings. The lowest BCUT2D eigenvalue weighted by atomic mass is 10.1. The van der Waals surface area contributed by atoms with Gasteiger partial charge in [-0.2, -0.15) is 0 Å². The minimum Gasteiger partial charge on any atom is -0.389 e. The van der Waals surface area contributed by atoms with Crippen LogP contribution in [0.1, 0.15) is 25.1 Å². The molecule has 108 valence electrons. The molecule has 5 heteroatoms. The molecule has 19 heavy (non-hydrogen) atoms. The minimum atomic E-state index is -0.490. The van der Waals surface area contributed by atoms with Gasteiger partial charge in [-0.25, -0.2) is 0 Å². The maximum Gasteiger partial charge on any atom is 0.0947 e. The first kappa shape index (κ1) is 15.9. The van der Waals surface area contributed by atoms with Gasteiger partial charge >= 0.3 is 0 Å². The highest BCUT2D eigenvalue weighted by Gasteiger charge is 2.11. The molecule has 0 aliphatic carbocycles. The third-order valence-electron chi connectivity index (χ3n) is 3.17. The molecule has 1 heterocycles. The van der Waals surface area contributed by atoms with Crippen molar-refractivity contribution in [3.8, 4) is 0 Å². The van der Waals surface area contributed by atoms with Gasteiger partial charge in [0.1, 0.15) is 0 Å². The lowest BCUT2D eigenvalue weighted by Gasteiger charge is -2.22. The fourth-order valence-corrected chi connectivity index (χ4v) is 2.06. The summed E-state index contributed by atoms with van der Waals surface area (Å²) in [7, 11) is 5.46. The highest BCUT2D eigenvalue weighted by molar-refractivity contribution is 5.44. The van der Waals surface area contributed by atoms with Crippen LogP contribution in [0.15, 0.2) is 18.3 Å². The number of aliphatic hydroxyl groups excluding tert-OH is 1. The maximum atomic E-state index is 9.70. The zero-order chi connectivity index (χ0) is 14.3. The number of ether oxygens (including phenoxy) is 1. The molecule has 1 aromatic rings. The van der Waals surface area contributed by atoms with Crippen LogP contribution >= 0.6 is 0 Å². The van der Waals surface area contributed by atoms with Crippen LogP contribution in [0.2, 0.25) is 0 Å². The third-order valence-corrected chi connectivity index (χ3v) is 3.17. The zero-order valence-electron chi connectivity index (χ0n) is 12.3. The van der Waals surface area contributed by atoms with E-state index in [-0.39, 0.29) is 0 Å². The first-order chi connectivity index (χ1) is 9.12. The molecule has 0 spiro atoms. The molecule has 2 unspecified atom stereocenters. The van der Waals surface area contributed by atoms with E-state index in [1.165, 1.54) is 0 Å². The predicted molar refractivity (Wildman–Crippen MR) is 77.5 cm³/mol. The number of pyridine rings is 1. The van der Waals surface area contributed by atoms with Crippen molar-refractivity contribution in [2.24, 2.45) is 0 Å². The molecule has 0 saturated carbocycles. The highest BCUT2D eigenvalue weighted by Crippen LogP contribution is 2.17. The second kappa shape index (κ2) is 8.09. The van der Waals surface area contributed by atoms with Gasteiger partial charge in [-0.05, 0) is 25.6 Å². The summed E-state index contributed by atoms with van der Waals surface area (Å²) in [5.41, 5.74) is 2.03. The maximum absolute atomic E-state index is 9.70. The number of nitrogens with zero attached hydrogens (tertiary/aromatic N) is 2. The third kappa shape index (κ3) is 4.78. The van der Waals surface area contributed by atoms with E-state index in [0.29, 0.717) is 19.2 Å². The Morgan fingerprint density at radius 3 is 2.68 bits per heavy atom. The monoisotopic (exact) mass is 267 g/mol. The number of methoxy groups -OCH3 is 1. The summed E-state index contributed by atoms with van der Waals surface area (Å²) in [4.78, 5) is 6.45. The van der Waals surface area contributed by atoms with Gasteiger partial charge < -0.3 is 20.1 Å². The number of rotatable bonds is 8. The molecule has 1 rings (SSSR count). The quantitative estimate of drug-likeness (QED) is 0.741. The summed E-state index contributed by atoms with van der Waals surface area (Å²) in [5.74, 6) is 0. The van der Waals surface area contributed by atoms with E-state index in [1.54, 1.807) is 7.11 Å². The normalized spacial score (nSPS) is 14.2. The molecular formula is C14H25N3O2. The summed E-state index contributed by atoms with van der Waals surface area (Å²) in [6, 6.07) is 4.35. The second-order valence-corrected chi connectivity index (χ2v) is 4.68. The topological polar surface area (TPSA) is 57.6 Å². The summed E-state index contributed by atoms with van der Waals surface area (Å²) in [6.45, 7) is 3.00. The Morgan fingerprint density at radius 2 is 2.21 bits per heavy atom. The molecule has 0 amide bonds. The van der Waals surface area contributed by atoms with Crippen LogP contribution in [0.5, 0.6) is 0 Å². The number of nitrogens with one attached hydrogen (secondary N) is 1. The Bertz CT molecular complexity index is 352. The van der Waals surface area contributed by atoms with E-state index in [1.807, 2.05) is 37.3 Å². The van der Waals surface area contributed by atoms with Crippen molar-refractivity contribution >= 4 is 5.69 Å². The van der Waals surface area contributed by atoms with Crippen LogP contribution in [0, 0.1) is 0 Å². The first-order valence-corrected chi connectivity index (χ1v) is 6.63. The van der Waals surface area contributed by atoms with Gasteiger partial charge in [-0.15, -0.1) is 0 Å². The molecule has 2 atom stereocenters. The molecule has 0 bridgehead atoms. The average Bonchev–Trinajstić information content (AvgIpc) is 2.41. The number of hydrogen-bond donors (Lipinski definition) is 2. The number of hydrogen-bond acceptors (Lipinski definition) is 5. The smallest absolute Gasteiger partial charge is 0.0947 e. The fourth-order valence-electron chi connectivity index (χ4n) is 2.06. The summed E-state index contributed by atoms with van der Waals surface area (Å²) in [5, 5.41) is 12.9. The lowest BCUT2D eigenvalue weighted by molar-refractivity contribution is 0.0695. The summed E-state index contributed by atoms with van der Waals surface area (Å²) < 4.78 is 4.92. The summed E-state index contributed by atoms with van der Waals surface area (Å²) >= 11 is 0. The predicted octanol–water partition coefficient (Wildman–Crippen LogP) is 1.20. The van der Waals surface area contributed by atoms with Crippen molar-refractivity contribution in [2.75, 3.05) is 39.3 Å². The molecule has 1 aromatic heterocycles. The number of aromatic nitrogens is 1. The highest BCUT2D eigenvalue weighted by atomic mass is 16.5. The first-order valence-electron chi connectivity index (χ1n) is 6.63. The van der Waals surface area contributed by atoms with Crippen molar-refractivity contribution in [3.05, 3.63) is 24.0 Å². The molecule has 0 radical (unpaired) electrons. The van der Waals surface area contributed by atoms with Gasteiger partial charge in [0.05, 0.1) is 30.3 Å². The van der Waals surface area contributed by atoms with E-state index in [2.05, 4.69) is 17.2 Å². The van der Waals surface area contributed by atoms with Gasteiger partial charge in [-0.1, -0.05) is 6.92 Å². The van der Waals surface area contributed by atoms with Crippen LogP contribution in [0.3, 0.4) is 0 Å². The molecule has 0 aromatic carbocycles. The van der Waals surface area contributed by atoms with Crippen molar-refractivity contribution in [1.29, 1.82) is 0 Å². The van der Waals surface area contributed by atoms with Gasteiger partial charge in [0.2, 0.25) is 0 Å². The zero-order valence-corrected chi connectivity index (χ0v) is 12.3. The number of aliphatic hydroxyl groups is 1. The molecule has 2 N–H and O–H groups in total. The summed E-state index contributed by atoms with van der Waals surface area (Å²) in [6.07, 6.45) is 2.36. The van der Waals surface area contributed by atoms with Gasteiger partial charge in [-0.3, -0.25) is 4.98 Å². The Balaban J connectivity index is 2.64. The van der Waals surface area contributed by atoms with Crippen molar-refractivity contribution in [1.82, 2.24) is 10.3 Å². The Morgan fingerprint density at radius 1 is 1.47 bits per heavy atom. The van der Waals surface area contributed by atoms with E-state index in [0.717, 1.165) is 17.8 Å². The van der Waals surface area contributed by atoms with E-state index >= 15 is 0 Å². The lowest BCUT2D eigenvalue weighted by Crippen LogP contribution is -2.32. The van der Waals surface area contributed by atoms with Crippen molar-refractivity contribution < 1.29 is 9.84 Å². The van der Waals surface area contributed by atoms with E-state index in [4.69, 9.17) is 4.74 Å². The average molecular weight is 267 g/mol. The van der Waals surface area contributed by atoms with E-state index in [9.17, 15) is 5.11 Å². The van der Waals surface area contributed by atoms with Crippen LogP contribution in [-0.2, 0) is 4.74 Å². The molecular weight excluding hydrogens is 242 g/mol. The Labute approximate surface area is 115 Å². The van der Waals surface area contributed by atoms with Gasteiger partial charge in [0.15, 0.2) is 0 Å². The molecule has 0 aliphatic rings. The Hall–Kier alpha value is -1.17. The largest absolute Gasteiger partial charge is 0.389 e. The van der Waals surface area contributed by atoms with Crippen molar-refractivity contribution in [2.45, 2.75) is 25.5 Å². The molecule has 0 aliphatic heterocycles. The minimum absolute atomic E-state index is 0.290. The van der Waals surface area contributed by atoms with Gasteiger partial charge in [0, 0.05) is 26.7 Å². The number of likely N-dealkylation sites (N-methyl/N-ethyl adjacent to an activating group) is 1. The molecule has 0 saturated heterocycles. The van der Waals surface area contributed by atoms with Crippen molar-refractivity contribution in [3.63, 3.8) is 0 Å².